The highest BCUT2D eigenvalue weighted by Crippen LogP contribution is 2.39. The van der Waals surface area contributed by atoms with E-state index in [2.05, 4.69) is 60.0 Å². The van der Waals surface area contributed by atoms with E-state index in [4.69, 9.17) is 27.9 Å². The molecule has 1 N–H and O–H groups in total. The fourth-order valence-electron chi connectivity index (χ4n) is 2.78. The highest BCUT2D eigenvalue weighted by atomic mass is 35.5. The number of nitrogens with zero attached hydrogens (tertiary/aromatic N) is 1. The topological polar surface area (TPSA) is 24.5 Å². The summed E-state index contributed by atoms with van der Waals surface area (Å²) in [6, 6.07) is 14.3. The molecule has 27 heavy (non-hydrogen) atoms. The van der Waals surface area contributed by atoms with E-state index in [0.717, 1.165) is 29.9 Å². The van der Waals surface area contributed by atoms with Gasteiger partial charge in [-0.05, 0) is 49.7 Å². The Hall–Kier alpha value is -1.72. The first-order valence-electron chi connectivity index (χ1n) is 8.59. The Morgan fingerprint density at radius 2 is 1.85 bits per heavy atom. The van der Waals surface area contributed by atoms with Crippen molar-refractivity contribution in [3.63, 3.8) is 0 Å². The van der Waals surface area contributed by atoms with Crippen LogP contribution in [0, 0.1) is 0 Å². The summed E-state index contributed by atoms with van der Waals surface area (Å²) >= 11 is 14.3. The maximum atomic E-state index is 6.42. The zero-order valence-corrected chi connectivity index (χ0v) is 17.9. The van der Waals surface area contributed by atoms with Gasteiger partial charge in [-0.2, -0.15) is 0 Å². The van der Waals surface area contributed by atoms with Crippen molar-refractivity contribution in [3.05, 3.63) is 63.5 Å². The standard InChI is InChI=1S/C21H22Cl2N2OS/c1-25(2)9-8-14-6-7-15(21-5-4-10-27-21)18(11-14)24-19-13-20(26-3)17(23)12-16(19)22/h4-7,10-13,24H,8-9H2,1-3H3. The molecule has 142 valence electrons. The molecule has 0 unspecified atom stereocenters. The Morgan fingerprint density at radius 1 is 1.04 bits per heavy atom. The Morgan fingerprint density at radius 3 is 2.52 bits per heavy atom. The Kier molecular flexibility index (Phi) is 6.66. The minimum atomic E-state index is 0.492. The molecular formula is C21H22Cl2N2OS. The minimum Gasteiger partial charge on any atom is -0.495 e. The molecule has 0 spiro atoms. The number of methoxy groups -OCH3 is 1. The maximum absolute atomic E-state index is 6.42. The summed E-state index contributed by atoms with van der Waals surface area (Å²) in [6.07, 6.45) is 0.976. The molecule has 0 radical (unpaired) electrons. The highest BCUT2D eigenvalue weighted by Gasteiger charge is 2.12. The van der Waals surface area contributed by atoms with Gasteiger partial charge in [0.2, 0.25) is 0 Å². The molecule has 0 saturated carbocycles. The van der Waals surface area contributed by atoms with Gasteiger partial charge in [0, 0.05) is 28.7 Å². The summed E-state index contributed by atoms with van der Waals surface area (Å²) in [6.45, 7) is 0.993. The number of ether oxygens (including phenoxy) is 1. The van der Waals surface area contributed by atoms with Crippen molar-refractivity contribution >= 4 is 45.9 Å². The number of thiophene rings is 1. The van der Waals surface area contributed by atoms with Gasteiger partial charge in [-0.1, -0.05) is 41.4 Å². The lowest BCUT2D eigenvalue weighted by Crippen LogP contribution is -2.15. The van der Waals surface area contributed by atoms with Crippen LogP contribution in [0.1, 0.15) is 5.56 Å². The van der Waals surface area contributed by atoms with Crippen LogP contribution in [0.15, 0.2) is 47.8 Å². The van der Waals surface area contributed by atoms with Crippen molar-refractivity contribution in [1.29, 1.82) is 0 Å². The number of anilines is 2. The van der Waals surface area contributed by atoms with E-state index in [1.54, 1.807) is 24.5 Å². The third-order valence-electron chi connectivity index (χ3n) is 4.23. The highest BCUT2D eigenvalue weighted by molar-refractivity contribution is 7.13. The minimum absolute atomic E-state index is 0.492. The van der Waals surface area contributed by atoms with Gasteiger partial charge in [0.25, 0.3) is 0 Å². The molecule has 6 heteroatoms. The Balaban J connectivity index is 2.00. The van der Waals surface area contributed by atoms with E-state index < -0.39 is 0 Å². The Bertz CT molecular complexity index is 911. The van der Waals surface area contributed by atoms with Crippen LogP contribution in [0.5, 0.6) is 5.75 Å². The van der Waals surface area contributed by atoms with Crippen molar-refractivity contribution < 1.29 is 4.74 Å². The van der Waals surface area contributed by atoms with E-state index in [1.165, 1.54) is 10.4 Å². The van der Waals surface area contributed by atoms with E-state index in [9.17, 15) is 0 Å². The molecule has 3 aromatic rings. The molecule has 2 aromatic carbocycles. The van der Waals surface area contributed by atoms with Gasteiger partial charge < -0.3 is 15.0 Å². The van der Waals surface area contributed by atoms with Gasteiger partial charge in [0.1, 0.15) is 5.75 Å². The summed E-state index contributed by atoms with van der Waals surface area (Å²) in [7, 11) is 5.76. The van der Waals surface area contributed by atoms with Gasteiger partial charge >= 0.3 is 0 Å². The van der Waals surface area contributed by atoms with Crippen molar-refractivity contribution in [3.8, 4) is 16.2 Å². The van der Waals surface area contributed by atoms with Gasteiger partial charge in [-0.25, -0.2) is 0 Å². The second-order valence-electron chi connectivity index (χ2n) is 6.50. The van der Waals surface area contributed by atoms with Crippen LogP contribution in [0.2, 0.25) is 10.0 Å². The third-order valence-corrected chi connectivity index (χ3v) is 5.74. The average Bonchev–Trinajstić information content (AvgIpc) is 3.16. The molecule has 3 rings (SSSR count). The fourth-order valence-corrected chi connectivity index (χ4v) is 4.05. The van der Waals surface area contributed by atoms with E-state index in [-0.39, 0.29) is 0 Å². The van der Waals surface area contributed by atoms with Crippen molar-refractivity contribution in [2.24, 2.45) is 0 Å². The molecule has 0 aliphatic heterocycles. The molecule has 0 aliphatic rings. The zero-order chi connectivity index (χ0) is 19.4. The van der Waals surface area contributed by atoms with Crippen LogP contribution in [-0.2, 0) is 6.42 Å². The number of rotatable bonds is 7. The molecule has 0 aliphatic carbocycles. The molecule has 3 nitrogen and oxygen atoms in total. The predicted molar refractivity (Wildman–Crippen MR) is 118 cm³/mol. The van der Waals surface area contributed by atoms with E-state index >= 15 is 0 Å². The van der Waals surface area contributed by atoms with Crippen molar-refractivity contribution in [1.82, 2.24) is 4.90 Å². The van der Waals surface area contributed by atoms with E-state index in [0.29, 0.717) is 15.8 Å². The molecule has 1 heterocycles. The molecule has 1 aromatic heterocycles. The number of halogens is 2. The first-order chi connectivity index (χ1) is 13.0. The molecule has 0 atom stereocenters. The summed E-state index contributed by atoms with van der Waals surface area (Å²) < 4.78 is 5.34. The average molecular weight is 421 g/mol. The van der Waals surface area contributed by atoms with Crippen LogP contribution < -0.4 is 10.1 Å². The lowest BCUT2D eigenvalue weighted by Gasteiger charge is -2.16. The Labute approximate surface area is 174 Å². The largest absolute Gasteiger partial charge is 0.495 e. The van der Waals surface area contributed by atoms with Gasteiger partial charge in [-0.3, -0.25) is 0 Å². The number of likely N-dealkylation sites (N-methyl/N-ethyl adjacent to an activating group) is 1. The number of hydrogen-bond acceptors (Lipinski definition) is 4. The smallest absolute Gasteiger partial charge is 0.139 e. The molecule has 0 saturated heterocycles. The van der Waals surface area contributed by atoms with Crippen LogP contribution in [0.4, 0.5) is 11.4 Å². The van der Waals surface area contributed by atoms with Gasteiger partial charge in [0.15, 0.2) is 0 Å². The summed E-state index contributed by atoms with van der Waals surface area (Å²) in [4.78, 5) is 3.38. The summed E-state index contributed by atoms with van der Waals surface area (Å²) in [5.41, 5.74) is 4.19. The van der Waals surface area contributed by atoms with Gasteiger partial charge in [0.05, 0.1) is 22.8 Å². The van der Waals surface area contributed by atoms with Crippen molar-refractivity contribution in [2.45, 2.75) is 6.42 Å². The maximum Gasteiger partial charge on any atom is 0.139 e. The second kappa shape index (κ2) is 8.98. The first kappa shape index (κ1) is 20.0. The molecular weight excluding hydrogens is 399 g/mol. The fraction of sp³-hybridized carbons (Fsp3) is 0.238. The number of benzene rings is 2. The van der Waals surface area contributed by atoms with Gasteiger partial charge in [-0.15, -0.1) is 11.3 Å². The molecule has 0 amide bonds. The lowest BCUT2D eigenvalue weighted by atomic mass is 10.0. The van der Waals surface area contributed by atoms with Crippen LogP contribution in [-0.4, -0.2) is 32.6 Å². The van der Waals surface area contributed by atoms with Crippen molar-refractivity contribution in [2.75, 3.05) is 33.1 Å². The lowest BCUT2D eigenvalue weighted by molar-refractivity contribution is 0.413. The second-order valence-corrected chi connectivity index (χ2v) is 8.26. The van der Waals surface area contributed by atoms with E-state index in [1.807, 2.05) is 6.07 Å². The monoisotopic (exact) mass is 420 g/mol. The first-order valence-corrected chi connectivity index (χ1v) is 10.2. The normalized spacial score (nSPS) is 11.0. The molecule has 0 bridgehead atoms. The summed E-state index contributed by atoms with van der Waals surface area (Å²) in [5.74, 6) is 0.588. The van der Waals surface area contributed by atoms with Crippen LogP contribution in [0.25, 0.3) is 10.4 Å². The number of nitrogens with one attached hydrogen (secondary N) is 1. The SMILES string of the molecule is COc1cc(Nc2cc(CCN(C)C)ccc2-c2cccs2)c(Cl)cc1Cl. The quantitative estimate of drug-likeness (QED) is 0.467. The number of hydrogen-bond donors (Lipinski definition) is 1. The summed E-state index contributed by atoms with van der Waals surface area (Å²) in [5, 5.41) is 6.61. The van der Waals surface area contributed by atoms with Crippen LogP contribution in [0.3, 0.4) is 0 Å². The third kappa shape index (κ3) is 4.96. The predicted octanol–water partition coefficient (Wildman–Crippen LogP) is 6.58. The van der Waals surface area contributed by atoms with Crippen LogP contribution >= 0.6 is 34.5 Å². The molecule has 0 fully saturated rings. The zero-order valence-electron chi connectivity index (χ0n) is 15.6.